The van der Waals surface area contributed by atoms with Gasteiger partial charge in [0, 0.05) is 6.54 Å². The summed E-state index contributed by atoms with van der Waals surface area (Å²) in [4.78, 5) is 14.3. The average Bonchev–Trinajstić information content (AvgIpc) is 2.72. The first-order chi connectivity index (χ1) is 13.8. The van der Waals surface area contributed by atoms with E-state index in [9.17, 15) is 18.0 Å². The summed E-state index contributed by atoms with van der Waals surface area (Å²) in [5, 5.41) is 0. The molecule has 0 bridgehead atoms. The van der Waals surface area contributed by atoms with Gasteiger partial charge in [0.25, 0.3) is 5.91 Å². The Kier molecular flexibility index (Phi) is 6.64. The van der Waals surface area contributed by atoms with Gasteiger partial charge in [0.1, 0.15) is 24.2 Å². The Morgan fingerprint density at radius 2 is 1.90 bits per heavy atom. The molecule has 0 spiro atoms. The van der Waals surface area contributed by atoms with Crippen LogP contribution < -0.4 is 9.47 Å². The SMILES string of the molecule is CC(Oc1ccccc1)C(=O)N1CCOC(COc2cccc(C(F)(F)F)c2)C1. The third-order valence-corrected chi connectivity index (χ3v) is 4.45. The third-order valence-electron chi connectivity index (χ3n) is 4.45. The molecule has 1 amide bonds. The molecule has 0 aliphatic carbocycles. The minimum absolute atomic E-state index is 0.0407. The number of halogens is 3. The number of hydrogen-bond donors (Lipinski definition) is 0. The van der Waals surface area contributed by atoms with Crippen molar-refractivity contribution in [3.05, 3.63) is 60.2 Å². The van der Waals surface area contributed by atoms with E-state index in [1.165, 1.54) is 12.1 Å². The fraction of sp³-hybridized carbons (Fsp3) is 0.381. The zero-order chi connectivity index (χ0) is 20.9. The number of ether oxygens (including phenoxy) is 3. The zero-order valence-electron chi connectivity index (χ0n) is 15.9. The highest BCUT2D eigenvalue weighted by Gasteiger charge is 2.31. The van der Waals surface area contributed by atoms with Crippen molar-refractivity contribution in [3.8, 4) is 11.5 Å². The summed E-state index contributed by atoms with van der Waals surface area (Å²) in [6.07, 6.45) is -5.54. The van der Waals surface area contributed by atoms with Crippen molar-refractivity contribution in [2.45, 2.75) is 25.3 Å². The van der Waals surface area contributed by atoms with E-state index in [4.69, 9.17) is 14.2 Å². The Labute approximate surface area is 167 Å². The number of para-hydroxylation sites is 1. The Balaban J connectivity index is 1.53. The lowest BCUT2D eigenvalue weighted by atomic mass is 10.2. The minimum atomic E-state index is -4.43. The summed E-state index contributed by atoms with van der Waals surface area (Å²) in [5.41, 5.74) is -0.775. The number of alkyl halides is 3. The number of hydrogen-bond acceptors (Lipinski definition) is 4. The summed E-state index contributed by atoms with van der Waals surface area (Å²) >= 11 is 0. The van der Waals surface area contributed by atoms with Crippen LogP contribution in [0.2, 0.25) is 0 Å². The van der Waals surface area contributed by atoms with Crippen LogP contribution in [-0.4, -0.2) is 49.3 Å². The van der Waals surface area contributed by atoms with Gasteiger partial charge in [-0.25, -0.2) is 0 Å². The zero-order valence-corrected chi connectivity index (χ0v) is 15.9. The lowest BCUT2D eigenvalue weighted by molar-refractivity contribution is -0.146. The highest BCUT2D eigenvalue weighted by molar-refractivity contribution is 5.81. The quantitative estimate of drug-likeness (QED) is 0.729. The lowest BCUT2D eigenvalue weighted by Crippen LogP contribution is -2.51. The van der Waals surface area contributed by atoms with Crippen molar-refractivity contribution in [1.29, 1.82) is 0 Å². The molecular weight excluding hydrogens is 387 g/mol. The molecule has 2 atom stereocenters. The van der Waals surface area contributed by atoms with Gasteiger partial charge in [-0.15, -0.1) is 0 Å². The van der Waals surface area contributed by atoms with Crippen LogP contribution in [0.4, 0.5) is 13.2 Å². The molecule has 156 valence electrons. The second-order valence-corrected chi connectivity index (χ2v) is 6.69. The molecule has 2 aromatic rings. The maximum absolute atomic E-state index is 12.8. The highest BCUT2D eigenvalue weighted by Crippen LogP contribution is 2.31. The molecule has 29 heavy (non-hydrogen) atoms. The number of carbonyl (C=O) groups excluding carboxylic acids is 1. The van der Waals surface area contributed by atoms with Gasteiger partial charge in [-0.1, -0.05) is 24.3 Å². The second kappa shape index (κ2) is 9.17. The Morgan fingerprint density at radius 3 is 2.62 bits per heavy atom. The standard InChI is InChI=1S/C21H22F3NO4/c1-15(29-17-7-3-2-4-8-17)20(26)25-10-11-27-19(13-25)14-28-18-9-5-6-16(12-18)21(22,23)24/h2-9,12,15,19H,10-11,13-14H2,1H3. The van der Waals surface area contributed by atoms with E-state index in [-0.39, 0.29) is 24.8 Å². The fourth-order valence-corrected chi connectivity index (χ4v) is 2.98. The normalized spacial score (nSPS) is 18.2. The lowest BCUT2D eigenvalue weighted by Gasteiger charge is -2.34. The Bertz CT molecular complexity index is 813. The fourth-order valence-electron chi connectivity index (χ4n) is 2.98. The number of benzene rings is 2. The monoisotopic (exact) mass is 409 g/mol. The maximum atomic E-state index is 12.8. The predicted molar refractivity (Wildman–Crippen MR) is 99.8 cm³/mol. The molecule has 1 aliphatic heterocycles. The molecule has 1 aliphatic rings. The third kappa shape index (κ3) is 5.87. The number of morpholine rings is 1. The van der Waals surface area contributed by atoms with E-state index in [0.29, 0.717) is 18.9 Å². The van der Waals surface area contributed by atoms with Crippen LogP contribution in [0.25, 0.3) is 0 Å². The number of carbonyl (C=O) groups is 1. The molecule has 8 heteroatoms. The second-order valence-electron chi connectivity index (χ2n) is 6.69. The van der Waals surface area contributed by atoms with Gasteiger partial charge in [0.05, 0.1) is 18.7 Å². The van der Waals surface area contributed by atoms with Crippen LogP contribution in [-0.2, 0) is 15.7 Å². The molecule has 0 saturated carbocycles. The molecule has 2 unspecified atom stereocenters. The van der Waals surface area contributed by atoms with Crippen molar-refractivity contribution in [2.75, 3.05) is 26.3 Å². The largest absolute Gasteiger partial charge is 0.491 e. The van der Waals surface area contributed by atoms with Crippen LogP contribution in [0.3, 0.4) is 0 Å². The Hall–Kier alpha value is -2.74. The topological polar surface area (TPSA) is 48.0 Å². The van der Waals surface area contributed by atoms with Gasteiger partial charge in [-0.3, -0.25) is 4.79 Å². The molecule has 1 heterocycles. The molecular formula is C21H22F3NO4. The van der Waals surface area contributed by atoms with Crippen molar-refractivity contribution in [3.63, 3.8) is 0 Å². The average molecular weight is 409 g/mol. The first-order valence-electron chi connectivity index (χ1n) is 9.25. The van der Waals surface area contributed by atoms with Crippen molar-refractivity contribution >= 4 is 5.91 Å². The van der Waals surface area contributed by atoms with E-state index in [1.54, 1.807) is 24.0 Å². The first kappa shape index (κ1) is 21.0. The predicted octanol–water partition coefficient (Wildman–Crippen LogP) is 3.78. The van der Waals surface area contributed by atoms with E-state index >= 15 is 0 Å². The van der Waals surface area contributed by atoms with Crippen LogP contribution in [0, 0.1) is 0 Å². The first-order valence-corrected chi connectivity index (χ1v) is 9.25. The summed E-state index contributed by atoms with van der Waals surface area (Å²) in [6.45, 7) is 2.74. The van der Waals surface area contributed by atoms with Crippen LogP contribution in [0.15, 0.2) is 54.6 Å². The number of amides is 1. The van der Waals surface area contributed by atoms with Gasteiger partial charge in [-0.05, 0) is 37.3 Å². The van der Waals surface area contributed by atoms with Gasteiger partial charge < -0.3 is 19.1 Å². The van der Waals surface area contributed by atoms with Gasteiger partial charge in [0.2, 0.25) is 0 Å². The van der Waals surface area contributed by atoms with E-state index < -0.39 is 23.9 Å². The molecule has 2 aromatic carbocycles. The van der Waals surface area contributed by atoms with Crippen molar-refractivity contribution in [2.24, 2.45) is 0 Å². The van der Waals surface area contributed by atoms with Gasteiger partial charge in [-0.2, -0.15) is 13.2 Å². The molecule has 0 N–H and O–H groups in total. The van der Waals surface area contributed by atoms with Crippen molar-refractivity contribution < 1.29 is 32.2 Å². The Morgan fingerprint density at radius 1 is 1.17 bits per heavy atom. The summed E-state index contributed by atoms with van der Waals surface area (Å²) < 4.78 is 55.1. The molecule has 1 fully saturated rings. The smallest absolute Gasteiger partial charge is 0.416 e. The molecule has 5 nitrogen and oxygen atoms in total. The van der Waals surface area contributed by atoms with E-state index in [1.807, 2.05) is 18.2 Å². The summed E-state index contributed by atoms with van der Waals surface area (Å²) in [5.74, 6) is 0.528. The highest BCUT2D eigenvalue weighted by atomic mass is 19.4. The van der Waals surface area contributed by atoms with Gasteiger partial charge in [0.15, 0.2) is 6.10 Å². The van der Waals surface area contributed by atoms with Crippen molar-refractivity contribution in [1.82, 2.24) is 4.90 Å². The molecule has 3 rings (SSSR count). The number of rotatable bonds is 6. The van der Waals surface area contributed by atoms with Crippen LogP contribution >= 0.6 is 0 Å². The minimum Gasteiger partial charge on any atom is -0.491 e. The van der Waals surface area contributed by atoms with Gasteiger partial charge >= 0.3 is 6.18 Å². The van der Waals surface area contributed by atoms with E-state index in [0.717, 1.165) is 12.1 Å². The van der Waals surface area contributed by atoms with Crippen LogP contribution in [0.5, 0.6) is 11.5 Å². The molecule has 0 radical (unpaired) electrons. The molecule has 0 aromatic heterocycles. The van der Waals surface area contributed by atoms with E-state index in [2.05, 4.69) is 0 Å². The molecule has 1 saturated heterocycles. The van der Waals surface area contributed by atoms with Crippen LogP contribution in [0.1, 0.15) is 12.5 Å². The summed E-state index contributed by atoms with van der Waals surface area (Å²) in [7, 11) is 0. The number of nitrogens with zero attached hydrogens (tertiary/aromatic N) is 1. The maximum Gasteiger partial charge on any atom is 0.416 e. The summed E-state index contributed by atoms with van der Waals surface area (Å²) in [6, 6.07) is 13.7.